The Balaban J connectivity index is 2.48. The van der Waals surface area contributed by atoms with Gasteiger partial charge in [0.15, 0.2) is 0 Å². The molecule has 0 spiro atoms. The van der Waals surface area contributed by atoms with Gasteiger partial charge in [0.25, 0.3) is 0 Å². The Kier molecular flexibility index (Phi) is 3.03. The van der Waals surface area contributed by atoms with Crippen LogP contribution in [0, 0.1) is 16.5 Å². The number of hydrogen-bond donors (Lipinski definition) is 0. The molecule has 2 nitrogen and oxygen atoms in total. The van der Waals surface area contributed by atoms with E-state index in [0.717, 1.165) is 38.4 Å². The lowest BCUT2D eigenvalue weighted by Crippen LogP contribution is -2.49. The Morgan fingerprint density at radius 1 is 1.23 bits per heavy atom. The third-order valence-corrected chi connectivity index (χ3v) is 3.57. The minimum Gasteiger partial charge on any atom is -0.633 e. The van der Waals surface area contributed by atoms with Crippen LogP contribution in [0.3, 0.4) is 0 Å². The van der Waals surface area contributed by atoms with E-state index < -0.39 is 0 Å². The highest BCUT2D eigenvalue weighted by Crippen LogP contribution is 2.35. The van der Waals surface area contributed by atoms with Crippen molar-refractivity contribution in [2.45, 2.75) is 40.5 Å². The Morgan fingerprint density at radius 2 is 1.69 bits per heavy atom. The first kappa shape index (κ1) is 11.0. The van der Waals surface area contributed by atoms with Gasteiger partial charge in [-0.2, -0.15) is 0 Å². The molecule has 0 aromatic rings. The molecule has 78 valence electrons. The third-order valence-electron chi connectivity index (χ3n) is 3.57. The van der Waals surface area contributed by atoms with Gasteiger partial charge >= 0.3 is 0 Å². The van der Waals surface area contributed by atoms with Gasteiger partial charge in [-0.05, 0) is 18.3 Å². The van der Waals surface area contributed by atoms with Crippen LogP contribution in [0.15, 0.2) is 0 Å². The first-order valence-electron chi connectivity index (χ1n) is 5.44. The quantitative estimate of drug-likeness (QED) is 0.455. The summed E-state index contributed by atoms with van der Waals surface area (Å²) in [5, 5.41) is 11.9. The molecule has 1 saturated heterocycles. The first-order chi connectivity index (χ1) is 5.87. The maximum absolute atomic E-state index is 11.9. The van der Waals surface area contributed by atoms with Crippen molar-refractivity contribution in [1.29, 1.82) is 0 Å². The largest absolute Gasteiger partial charge is 0.633 e. The minimum atomic E-state index is 0.0482. The second-order valence-corrected chi connectivity index (χ2v) is 5.46. The third kappa shape index (κ3) is 2.68. The van der Waals surface area contributed by atoms with Crippen molar-refractivity contribution in [2.24, 2.45) is 11.3 Å². The van der Waals surface area contributed by atoms with E-state index in [4.69, 9.17) is 0 Å². The van der Waals surface area contributed by atoms with Gasteiger partial charge < -0.3 is 9.85 Å². The lowest BCUT2D eigenvalue weighted by molar-refractivity contribution is -0.885. The molecular formula is C11H23NO. The first-order valence-corrected chi connectivity index (χ1v) is 5.44. The summed E-state index contributed by atoms with van der Waals surface area (Å²) in [5.41, 5.74) is 0.388. The van der Waals surface area contributed by atoms with E-state index in [0.29, 0.717) is 5.41 Å². The van der Waals surface area contributed by atoms with Gasteiger partial charge in [0, 0.05) is 12.8 Å². The molecule has 0 amide bonds. The summed E-state index contributed by atoms with van der Waals surface area (Å²) >= 11 is 0. The lowest BCUT2D eigenvalue weighted by atomic mass is 9.75. The second-order valence-electron chi connectivity index (χ2n) is 5.46. The van der Waals surface area contributed by atoms with Gasteiger partial charge in [0.1, 0.15) is 0 Å². The predicted octanol–water partition coefficient (Wildman–Crippen LogP) is 2.78. The number of piperidine rings is 1. The van der Waals surface area contributed by atoms with E-state index in [-0.39, 0.29) is 4.65 Å². The zero-order valence-electron chi connectivity index (χ0n) is 9.47. The minimum absolute atomic E-state index is 0.0482. The number of nitrogens with zero attached hydrogens (tertiary/aromatic N) is 1. The van der Waals surface area contributed by atoms with Crippen LogP contribution in [-0.4, -0.2) is 24.3 Å². The predicted molar refractivity (Wildman–Crippen MR) is 56.1 cm³/mol. The van der Waals surface area contributed by atoms with Crippen molar-refractivity contribution >= 4 is 0 Å². The van der Waals surface area contributed by atoms with Crippen LogP contribution < -0.4 is 0 Å². The molecule has 0 radical (unpaired) electrons. The van der Waals surface area contributed by atoms with E-state index in [1.807, 2.05) is 6.92 Å². The molecule has 0 saturated carbocycles. The zero-order chi connectivity index (χ0) is 10.1. The average Bonchev–Trinajstić information content (AvgIpc) is 2.04. The summed E-state index contributed by atoms with van der Waals surface area (Å²) in [6.45, 7) is 11.3. The van der Waals surface area contributed by atoms with Gasteiger partial charge in [-0.15, -0.1) is 0 Å². The monoisotopic (exact) mass is 185 g/mol. The summed E-state index contributed by atoms with van der Waals surface area (Å²) < 4.78 is 0.0482. The highest BCUT2D eigenvalue weighted by atomic mass is 16.5. The number of hydrogen-bond acceptors (Lipinski definition) is 1. The maximum atomic E-state index is 11.9. The van der Waals surface area contributed by atoms with Crippen LogP contribution in [0.5, 0.6) is 0 Å². The molecule has 0 aromatic carbocycles. The van der Waals surface area contributed by atoms with Gasteiger partial charge in [-0.3, -0.25) is 0 Å². The number of rotatable bonds is 1. The zero-order valence-corrected chi connectivity index (χ0v) is 9.47. The Hall–Kier alpha value is -0.0800. The molecule has 0 bridgehead atoms. The van der Waals surface area contributed by atoms with Crippen molar-refractivity contribution in [1.82, 2.24) is 0 Å². The molecule has 2 heteroatoms. The topological polar surface area (TPSA) is 23.1 Å². The Labute approximate surface area is 82.1 Å². The smallest absolute Gasteiger partial charge is 0.0786 e. The van der Waals surface area contributed by atoms with Crippen LogP contribution in [0.1, 0.15) is 40.5 Å². The average molecular weight is 185 g/mol. The van der Waals surface area contributed by atoms with Gasteiger partial charge in [0.2, 0.25) is 0 Å². The molecular weight excluding hydrogens is 162 g/mol. The molecule has 0 aliphatic carbocycles. The van der Waals surface area contributed by atoms with Crippen molar-refractivity contribution < 1.29 is 4.65 Å². The van der Waals surface area contributed by atoms with Crippen LogP contribution in [0.2, 0.25) is 0 Å². The molecule has 0 atom stereocenters. The molecule has 0 unspecified atom stereocenters. The van der Waals surface area contributed by atoms with Gasteiger partial charge in [-0.25, -0.2) is 0 Å². The molecule has 1 fully saturated rings. The summed E-state index contributed by atoms with van der Waals surface area (Å²) in [4.78, 5) is 0. The fourth-order valence-corrected chi connectivity index (χ4v) is 2.22. The highest BCUT2D eigenvalue weighted by molar-refractivity contribution is 4.76. The molecule has 1 aliphatic rings. The standard InChI is InChI=1S/C11H23NO/c1-5-12(13)8-6-10(7-9-12)11(2,3)4/h10H,5-9H2,1-4H3. The van der Waals surface area contributed by atoms with Crippen LogP contribution in [0.4, 0.5) is 0 Å². The molecule has 1 rings (SSSR count). The van der Waals surface area contributed by atoms with Crippen LogP contribution >= 0.6 is 0 Å². The lowest BCUT2D eigenvalue weighted by Gasteiger charge is -2.49. The Bertz CT molecular complexity index is 163. The van der Waals surface area contributed by atoms with E-state index in [2.05, 4.69) is 20.8 Å². The van der Waals surface area contributed by atoms with E-state index >= 15 is 0 Å². The summed E-state index contributed by atoms with van der Waals surface area (Å²) in [7, 11) is 0. The fraction of sp³-hybridized carbons (Fsp3) is 1.00. The molecule has 0 aromatic heterocycles. The Morgan fingerprint density at radius 3 is 2.00 bits per heavy atom. The van der Waals surface area contributed by atoms with Crippen molar-refractivity contribution in [3.8, 4) is 0 Å². The fourth-order valence-electron chi connectivity index (χ4n) is 2.22. The van der Waals surface area contributed by atoms with Crippen molar-refractivity contribution in [3.05, 3.63) is 5.21 Å². The summed E-state index contributed by atoms with van der Waals surface area (Å²) in [6.07, 6.45) is 2.22. The van der Waals surface area contributed by atoms with E-state index in [9.17, 15) is 5.21 Å². The second kappa shape index (κ2) is 3.58. The van der Waals surface area contributed by atoms with Crippen molar-refractivity contribution in [3.63, 3.8) is 0 Å². The summed E-state index contributed by atoms with van der Waals surface area (Å²) in [5.74, 6) is 0.749. The van der Waals surface area contributed by atoms with E-state index in [1.54, 1.807) is 0 Å². The number of likely N-dealkylation sites (tertiary alicyclic amines) is 1. The van der Waals surface area contributed by atoms with Crippen LogP contribution in [0.25, 0.3) is 0 Å². The maximum Gasteiger partial charge on any atom is 0.0786 e. The van der Waals surface area contributed by atoms with Crippen LogP contribution in [-0.2, 0) is 0 Å². The summed E-state index contributed by atoms with van der Waals surface area (Å²) in [6, 6.07) is 0. The van der Waals surface area contributed by atoms with Gasteiger partial charge in [0.05, 0.1) is 19.6 Å². The highest BCUT2D eigenvalue weighted by Gasteiger charge is 2.32. The van der Waals surface area contributed by atoms with Gasteiger partial charge in [-0.1, -0.05) is 20.8 Å². The molecule has 1 aliphatic heterocycles. The molecule has 13 heavy (non-hydrogen) atoms. The molecule has 0 N–H and O–H groups in total. The van der Waals surface area contributed by atoms with Crippen molar-refractivity contribution in [2.75, 3.05) is 19.6 Å². The SMILES string of the molecule is CC[N+]1([O-])CCC(C(C)(C)C)CC1. The normalized spacial score (nSPS) is 36.2. The number of quaternary nitrogens is 1. The van der Waals surface area contributed by atoms with E-state index in [1.165, 1.54) is 0 Å². The number of hydroxylamine groups is 3. The molecule has 1 heterocycles.